The average Bonchev–Trinajstić information content (AvgIpc) is 3.11. The van der Waals surface area contributed by atoms with Gasteiger partial charge in [0.1, 0.15) is 0 Å². The van der Waals surface area contributed by atoms with Crippen LogP contribution in [0.15, 0.2) is 22.5 Å². The predicted molar refractivity (Wildman–Crippen MR) is 114 cm³/mol. The summed E-state index contributed by atoms with van der Waals surface area (Å²) in [5.41, 5.74) is 0. The van der Waals surface area contributed by atoms with Crippen molar-refractivity contribution in [1.82, 2.24) is 15.5 Å². The lowest BCUT2D eigenvalue weighted by atomic mass is 9.88. The lowest BCUT2D eigenvalue weighted by molar-refractivity contribution is 0.125. The maximum Gasteiger partial charge on any atom is 0.191 e. The van der Waals surface area contributed by atoms with Crippen molar-refractivity contribution in [2.45, 2.75) is 44.4 Å². The third-order valence-corrected chi connectivity index (χ3v) is 7.07. The fraction of sp³-hybridized carbons (Fsp3) is 0.737. The molecule has 6 heteroatoms. The van der Waals surface area contributed by atoms with Crippen molar-refractivity contribution in [3.63, 3.8) is 0 Å². The third kappa shape index (κ3) is 6.19. The van der Waals surface area contributed by atoms with Crippen LogP contribution in [0.5, 0.6) is 0 Å². The van der Waals surface area contributed by atoms with E-state index in [4.69, 9.17) is 4.99 Å². The van der Waals surface area contributed by atoms with E-state index in [1.807, 2.05) is 23.1 Å². The standard InChI is InChI=1S/C19H34N4S2/c1-6-20-18(22-14-19(2,3)24-5)21-13-15-9-7-11-23(4)17(15)16-10-8-12-25-16/h8,10,12,15,17H,6-7,9,11,13-14H2,1-5H3,(H2,20,21,22). The molecular formula is C19H34N4S2. The maximum atomic E-state index is 4.81. The Morgan fingerprint density at radius 2 is 2.24 bits per heavy atom. The Bertz CT molecular complexity index is 528. The highest BCUT2D eigenvalue weighted by Gasteiger charge is 2.31. The van der Waals surface area contributed by atoms with Crippen molar-refractivity contribution in [3.8, 4) is 0 Å². The van der Waals surface area contributed by atoms with Crippen LogP contribution in [0, 0.1) is 5.92 Å². The van der Waals surface area contributed by atoms with Crippen molar-refractivity contribution >= 4 is 29.1 Å². The van der Waals surface area contributed by atoms with Gasteiger partial charge in [-0.3, -0.25) is 9.89 Å². The number of likely N-dealkylation sites (tertiary alicyclic amines) is 1. The van der Waals surface area contributed by atoms with Gasteiger partial charge in [0, 0.05) is 28.8 Å². The number of hydrogen-bond donors (Lipinski definition) is 2. The first-order valence-electron chi connectivity index (χ1n) is 9.28. The molecule has 2 heterocycles. The predicted octanol–water partition coefficient (Wildman–Crippen LogP) is 3.83. The Labute approximate surface area is 161 Å². The van der Waals surface area contributed by atoms with Crippen molar-refractivity contribution in [3.05, 3.63) is 22.4 Å². The number of aliphatic imine (C=N–C) groups is 1. The van der Waals surface area contributed by atoms with Gasteiger partial charge in [0.05, 0.1) is 6.54 Å². The van der Waals surface area contributed by atoms with Gasteiger partial charge in [0.15, 0.2) is 5.96 Å². The second-order valence-electron chi connectivity index (χ2n) is 7.38. The van der Waals surface area contributed by atoms with E-state index in [9.17, 15) is 0 Å². The molecule has 1 fully saturated rings. The summed E-state index contributed by atoms with van der Waals surface area (Å²) in [5, 5.41) is 9.20. The van der Waals surface area contributed by atoms with Gasteiger partial charge in [-0.15, -0.1) is 11.3 Å². The van der Waals surface area contributed by atoms with E-state index in [1.165, 1.54) is 24.3 Å². The van der Waals surface area contributed by atoms with E-state index < -0.39 is 0 Å². The number of thiophene rings is 1. The van der Waals surface area contributed by atoms with Crippen LogP contribution < -0.4 is 10.6 Å². The fourth-order valence-electron chi connectivity index (χ4n) is 3.29. The molecule has 25 heavy (non-hydrogen) atoms. The van der Waals surface area contributed by atoms with Gasteiger partial charge in [0.2, 0.25) is 0 Å². The SMILES string of the molecule is CCNC(=NCC(C)(C)SC)NCC1CCCN(C)C1c1cccs1. The Morgan fingerprint density at radius 1 is 1.44 bits per heavy atom. The van der Waals surface area contributed by atoms with Crippen LogP contribution in [-0.4, -0.2) is 55.1 Å². The second-order valence-corrected chi connectivity index (χ2v) is 9.88. The van der Waals surface area contributed by atoms with Gasteiger partial charge in [-0.05, 0) is 70.8 Å². The molecule has 2 atom stereocenters. The Hall–Kier alpha value is -0.720. The van der Waals surface area contributed by atoms with Crippen molar-refractivity contribution in [1.29, 1.82) is 0 Å². The van der Waals surface area contributed by atoms with Crippen LogP contribution in [0.2, 0.25) is 0 Å². The van der Waals surface area contributed by atoms with Crippen LogP contribution >= 0.6 is 23.1 Å². The normalized spacial score (nSPS) is 22.8. The van der Waals surface area contributed by atoms with Gasteiger partial charge >= 0.3 is 0 Å². The molecule has 1 aromatic rings. The molecule has 4 nitrogen and oxygen atoms in total. The topological polar surface area (TPSA) is 39.7 Å². The first-order chi connectivity index (χ1) is 12.0. The molecule has 1 saturated heterocycles. The van der Waals surface area contributed by atoms with Crippen molar-refractivity contribution < 1.29 is 0 Å². The van der Waals surface area contributed by atoms with Crippen molar-refractivity contribution in [2.75, 3.05) is 39.5 Å². The third-order valence-electron chi connectivity index (χ3n) is 4.89. The molecule has 2 N–H and O–H groups in total. The molecule has 0 saturated carbocycles. The molecule has 0 radical (unpaired) electrons. The van der Waals surface area contributed by atoms with Crippen LogP contribution in [0.4, 0.5) is 0 Å². The molecule has 2 unspecified atom stereocenters. The highest BCUT2D eigenvalue weighted by atomic mass is 32.2. The summed E-state index contributed by atoms with van der Waals surface area (Å²) < 4.78 is 0.174. The summed E-state index contributed by atoms with van der Waals surface area (Å²) in [6, 6.07) is 4.97. The zero-order chi connectivity index (χ0) is 18.3. The number of thioether (sulfide) groups is 1. The van der Waals surface area contributed by atoms with Gasteiger partial charge in [-0.2, -0.15) is 11.8 Å². The van der Waals surface area contributed by atoms with Gasteiger partial charge < -0.3 is 10.6 Å². The molecular weight excluding hydrogens is 348 g/mol. The number of guanidine groups is 1. The summed E-state index contributed by atoms with van der Waals surface area (Å²) in [5.74, 6) is 1.57. The van der Waals surface area contributed by atoms with E-state index in [2.05, 4.69) is 67.1 Å². The number of piperidine rings is 1. The highest BCUT2D eigenvalue weighted by molar-refractivity contribution is 7.99. The quantitative estimate of drug-likeness (QED) is 0.555. The minimum Gasteiger partial charge on any atom is -0.357 e. The first-order valence-corrected chi connectivity index (χ1v) is 11.4. The number of hydrogen-bond acceptors (Lipinski definition) is 4. The summed E-state index contributed by atoms with van der Waals surface area (Å²) in [6.45, 7) is 10.5. The van der Waals surface area contributed by atoms with Crippen LogP contribution in [0.25, 0.3) is 0 Å². The highest BCUT2D eigenvalue weighted by Crippen LogP contribution is 2.36. The monoisotopic (exact) mass is 382 g/mol. The Balaban J connectivity index is 2.01. The average molecular weight is 383 g/mol. The lowest BCUT2D eigenvalue weighted by Crippen LogP contribution is -2.45. The van der Waals surface area contributed by atoms with Crippen molar-refractivity contribution in [2.24, 2.45) is 10.9 Å². The van der Waals surface area contributed by atoms with Crippen LogP contribution in [0.3, 0.4) is 0 Å². The summed E-state index contributed by atoms with van der Waals surface area (Å²) in [7, 11) is 2.26. The molecule has 0 amide bonds. The van der Waals surface area contributed by atoms with Crippen LogP contribution in [0.1, 0.15) is 44.5 Å². The smallest absolute Gasteiger partial charge is 0.191 e. The van der Waals surface area contributed by atoms with Gasteiger partial charge in [-0.1, -0.05) is 6.07 Å². The largest absolute Gasteiger partial charge is 0.357 e. The molecule has 0 aliphatic carbocycles. The van der Waals surface area contributed by atoms with Gasteiger partial charge in [-0.25, -0.2) is 0 Å². The molecule has 1 aliphatic rings. The van der Waals surface area contributed by atoms with E-state index in [0.29, 0.717) is 12.0 Å². The zero-order valence-corrected chi connectivity index (χ0v) is 18.0. The molecule has 0 bridgehead atoms. The number of nitrogens with zero attached hydrogens (tertiary/aromatic N) is 2. The van der Waals surface area contributed by atoms with Gasteiger partial charge in [0.25, 0.3) is 0 Å². The minimum atomic E-state index is 0.174. The number of nitrogens with one attached hydrogen (secondary N) is 2. The lowest BCUT2D eigenvalue weighted by Gasteiger charge is -2.39. The first kappa shape index (κ1) is 20.6. The molecule has 0 spiro atoms. The summed E-state index contributed by atoms with van der Waals surface area (Å²) in [6.07, 6.45) is 4.70. The van der Waals surface area contributed by atoms with E-state index in [1.54, 1.807) is 0 Å². The van der Waals surface area contributed by atoms with E-state index in [0.717, 1.165) is 25.6 Å². The fourth-order valence-corrected chi connectivity index (χ4v) is 4.46. The minimum absolute atomic E-state index is 0.174. The van der Waals surface area contributed by atoms with E-state index >= 15 is 0 Å². The molecule has 142 valence electrons. The molecule has 1 aromatic heterocycles. The summed E-state index contributed by atoms with van der Waals surface area (Å²) >= 11 is 3.74. The molecule has 2 rings (SSSR count). The Morgan fingerprint density at radius 3 is 2.88 bits per heavy atom. The zero-order valence-electron chi connectivity index (χ0n) is 16.3. The Kier molecular flexibility index (Phi) is 8.10. The maximum absolute atomic E-state index is 4.81. The second kappa shape index (κ2) is 9.83. The molecule has 1 aliphatic heterocycles. The summed E-state index contributed by atoms with van der Waals surface area (Å²) in [4.78, 5) is 8.81. The van der Waals surface area contributed by atoms with E-state index in [-0.39, 0.29) is 4.75 Å². The van der Waals surface area contributed by atoms with Crippen LogP contribution in [-0.2, 0) is 0 Å². The molecule has 0 aromatic carbocycles. The number of rotatable bonds is 7.